The molecule has 2 nitrogen and oxygen atoms in total. The molecule has 0 aliphatic carbocycles. The maximum Gasteiger partial charge on any atom is 0.0234 e. The standard InChI is InChI=1S/C14H21BrN2/c1-14(2)6-7-17(10-13(14)16)9-11-4-3-5-12(15)8-11/h3-5,8,13H,6-7,9-10,16H2,1-2H3. The van der Waals surface area contributed by atoms with Crippen molar-refractivity contribution in [3.63, 3.8) is 0 Å². The second-order valence-corrected chi connectivity index (χ2v) is 6.63. The van der Waals surface area contributed by atoms with Crippen molar-refractivity contribution in [1.82, 2.24) is 4.90 Å². The van der Waals surface area contributed by atoms with Crippen LogP contribution in [0.5, 0.6) is 0 Å². The fraction of sp³-hybridized carbons (Fsp3) is 0.571. The number of nitrogens with zero attached hydrogens (tertiary/aromatic N) is 1. The average molecular weight is 297 g/mol. The van der Waals surface area contributed by atoms with Gasteiger partial charge >= 0.3 is 0 Å². The van der Waals surface area contributed by atoms with Crippen LogP contribution < -0.4 is 5.73 Å². The topological polar surface area (TPSA) is 29.3 Å². The van der Waals surface area contributed by atoms with Gasteiger partial charge in [-0.3, -0.25) is 4.90 Å². The third-order valence-electron chi connectivity index (χ3n) is 3.83. The van der Waals surface area contributed by atoms with Gasteiger partial charge in [0.15, 0.2) is 0 Å². The van der Waals surface area contributed by atoms with E-state index in [1.165, 1.54) is 12.0 Å². The summed E-state index contributed by atoms with van der Waals surface area (Å²) in [6, 6.07) is 8.80. The fourth-order valence-electron chi connectivity index (χ4n) is 2.29. The minimum atomic E-state index is 0.281. The maximum atomic E-state index is 6.24. The third kappa shape index (κ3) is 3.30. The quantitative estimate of drug-likeness (QED) is 0.909. The lowest BCUT2D eigenvalue weighted by molar-refractivity contribution is 0.101. The molecule has 2 N–H and O–H groups in total. The van der Waals surface area contributed by atoms with Crippen molar-refractivity contribution in [3.05, 3.63) is 34.3 Å². The van der Waals surface area contributed by atoms with Gasteiger partial charge in [-0.2, -0.15) is 0 Å². The second-order valence-electron chi connectivity index (χ2n) is 5.71. The number of piperidine rings is 1. The highest BCUT2D eigenvalue weighted by atomic mass is 79.9. The summed E-state index contributed by atoms with van der Waals surface area (Å²) in [6.07, 6.45) is 1.18. The molecule has 1 aromatic carbocycles. The van der Waals surface area contributed by atoms with Gasteiger partial charge in [-0.25, -0.2) is 0 Å². The summed E-state index contributed by atoms with van der Waals surface area (Å²) in [4.78, 5) is 2.46. The molecule has 0 radical (unpaired) electrons. The maximum absolute atomic E-state index is 6.24. The first-order chi connectivity index (χ1) is 7.97. The van der Waals surface area contributed by atoms with Gasteiger partial charge in [-0.15, -0.1) is 0 Å². The Balaban J connectivity index is 1.97. The Bertz CT molecular complexity index is 390. The van der Waals surface area contributed by atoms with Crippen LogP contribution in [0, 0.1) is 5.41 Å². The van der Waals surface area contributed by atoms with Crippen molar-refractivity contribution in [2.45, 2.75) is 32.9 Å². The molecular weight excluding hydrogens is 276 g/mol. The summed E-state index contributed by atoms with van der Waals surface area (Å²) in [6.45, 7) is 7.69. The van der Waals surface area contributed by atoms with E-state index in [1.807, 2.05) is 0 Å². The third-order valence-corrected chi connectivity index (χ3v) is 4.32. The Morgan fingerprint density at radius 3 is 2.88 bits per heavy atom. The van der Waals surface area contributed by atoms with Crippen molar-refractivity contribution in [2.24, 2.45) is 11.1 Å². The SMILES string of the molecule is CC1(C)CCN(Cc2cccc(Br)c2)CC1N. The van der Waals surface area contributed by atoms with Crippen LogP contribution >= 0.6 is 15.9 Å². The molecule has 1 aromatic rings. The molecule has 1 heterocycles. The van der Waals surface area contributed by atoms with E-state index in [2.05, 4.69) is 58.9 Å². The minimum Gasteiger partial charge on any atom is -0.326 e. The highest BCUT2D eigenvalue weighted by molar-refractivity contribution is 9.10. The lowest BCUT2D eigenvalue weighted by atomic mass is 9.78. The summed E-state index contributed by atoms with van der Waals surface area (Å²) in [5.74, 6) is 0. The van der Waals surface area contributed by atoms with Gasteiger partial charge in [0.25, 0.3) is 0 Å². The number of rotatable bonds is 2. The van der Waals surface area contributed by atoms with Crippen LogP contribution in [0.1, 0.15) is 25.8 Å². The van der Waals surface area contributed by atoms with Crippen molar-refractivity contribution < 1.29 is 0 Å². The molecule has 1 aliphatic heterocycles. The Hall–Kier alpha value is -0.380. The number of hydrogen-bond acceptors (Lipinski definition) is 2. The summed E-state index contributed by atoms with van der Waals surface area (Å²) >= 11 is 3.51. The molecule has 17 heavy (non-hydrogen) atoms. The molecule has 0 bridgehead atoms. The summed E-state index contributed by atoms with van der Waals surface area (Å²) in [5.41, 5.74) is 7.87. The number of halogens is 1. The van der Waals surface area contributed by atoms with Gasteiger partial charge in [0.2, 0.25) is 0 Å². The molecule has 1 fully saturated rings. The molecule has 0 spiro atoms. The van der Waals surface area contributed by atoms with Crippen LogP contribution in [-0.4, -0.2) is 24.0 Å². The van der Waals surface area contributed by atoms with Gasteiger partial charge in [0, 0.05) is 23.6 Å². The van der Waals surface area contributed by atoms with Crippen molar-refractivity contribution in [3.8, 4) is 0 Å². The Labute approximate surface area is 112 Å². The highest BCUT2D eigenvalue weighted by Crippen LogP contribution is 2.29. The number of benzene rings is 1. The van der Waals surface area contributed by atoms with Crippen molar-refractivity contribution in [2.75, 3.05) is 13.1 Å². The van der Waals surface area contributed by atoms with Gasteiger partial charge in [0.05, 0.1) is 0 Å². The first-order valence-corrected chi connectivity index (χ1v) is 6.99. The lowest BCUT2D eigenvalue weighted by Crippen LogP contribution is -2.52. The average Bonchev–Trinajstić information content (AvgIpc) is 2.24. The lowest BCUT2D eigenvalue weighted by Gasteiger charge is -2.42. The smallest absolute Gasteiger partial charge is 0.0234 e. The van der Waals surface area contributed by atoms with Crippen molar-refractivity contribution >= 4 is 15.9 Å². The predicted octanol–water partition coefficient (Wildman–Crippen LogP) is 3.01. The monoisotopic (exact) mass is 296 g/mol. The van der Waals surface area contributed by atoms with Crippen molar-refractivity contribution in [1.29, 1.82) is 0 Å². The van der Waals surface area contributed by atoms with E-state index in [-0.39, 0.29) is 11.5 Å². The van der Waals surface area contributed by atoms with E-state index < -0.39 is 0 Å². The first-order valence-electron chi connectivity index (χ1n) is 6.20. The minimum absolute atomic E-state index is 0.281. The van der Waals surface area contributed by atoms with Gasteiger partial charge in [-0.05, 0) is 36.1 Å². The summed E-state index contributed by atoms with van der Waals surface area (Å²) in [5, 5.41) is 0. The molecular formula is C14H21BrN2. The molecule has 1 atom stereocenters. The van der Waals surface area contributed by atoms with Gasteiger partial charge in [-0.1, -0.05) is 41.9 Å². The number of likely N-dealkylation sites (tertiary alicyclic amines) is 1. The Kier molecular flexibility index (Phi) is 3.91. The van der Waals surface area contributed by atoms with E-state index in [0.29, 0.717) is 0 Å². The molecule has 0 saturated carbocycles. The summed E-state index contributed by atoms with van der Waals surface area (Å²) in [7, 11) is 0. The van der Waals surface area contributed by atoms with E-state index in [4.69, 9.17) is 5.73 Å². The molecule has 3 heteroatoms. The normalized spacial score (nSPS) is 24.8. The van der Waals surface area contributed by atoms with E-state index in [9.17, 15) is 0 Å². The van der Waals surface area contributed by atoms with Crippen LogP contribution in [0.3, 0.4) is 0 Å². The van der Waals surface area contributed by atoms with E-state index >= 15 is 0 Å². The molecule has 1 aliphatic rings. The zero-order valence-electron chi connectivity index (χ0n) is 10.6. The van der Waals surface area contributed by atoms with Crippen LogP contribution in [0.25, 0.3) is 0 Å². The molecule has 2 rings (SSSR count). The van der Waals surface area contributed by atoms with E-state index in [0.717, 1.165) is 24.1 Å². The fourth-order valence-corrected chi connectivity index (χ4v) is 2.73. The zero-order valence-corrected chi connectivity index (χ0v) is 12.2. The van der Waals surface area contributed by atoms with Gasteiger partial charge < -0.3 is 5.73 Å². The second kappa shape index (κ2) is 5.09. The molecule has 94 valence electrons. The highest BCUT2D eigenvalue weighted by Gasteiger charge is 2.32. The van der Waals surface area contributed by atoms with Gasteiger partial charge in [0.1, 0.15) is 0 Å². The van der Waals surface area contributed by atoms with Crippen LogP contribution in [0.2, 0.25) is 0 Å². The molecule has 0 amide bonds. The van der Waals surface area contributed by atoms with Crippen LogP contribution in [0.15, 0.2) is 28.7 Å². The number of hydrogen-bond donors (Lipinski definition) is 1. The largest absolute Gasteiger partial charge is 0.326 e. The molecule has 1 saturated heterocycles. The van der Waals surface area contributed by atoms with Crippen LogP contribution in [0.4, 0.5) is 0 Å². The molecule has 1 unspecified atom stereocenters. The van der Waals surface area contributed by atoms with Crippen LogP contribution in [-0.2, 0) is 6.54 Å². The summed E-state index contributed by atoms with van der Waals surface area (Å²) < 4.78 is 1.15. The number of nitrogens with two attached hydrogens (primary N) is 1. The zero-order chi connectivity index (χ0) is 12.5. The molecule has 0 aromatic heterocycles. The van der Waals surface area contributed by atoms with E-state index in [1.54, 1.807) is 0 Å². The Morgan fingerprint density at radius 2 is 2.24 bits per heavy atom. The first kappa shape index (κ1) is 13.1. The Morgan fingerprint density at radius 1 is 1.47 bits per heavy atom. The predicted molar refractivity (Wildman–Crippen MR) is 75.8 cm³/mol.